The zero-order valence-electron chi connectivity index (χ0n) is 14.5. The van der Waals surface area contributed by atoms with Crippen molar-refractivity contribution in [3.05, 3.63) is 81.9 Å². The van der Waals surface area contributed by atoms with Gasteiger partial charge in [0.25, 0.3) is 0 Å². The van der Waals surface area contributed by atoms with Gasteiger partial charge in [-0.15, -0.1) is 11.8 Å². The standard InChI is InChI=1S/C21H17NO4S/c1-12-9-17(24)20(21(25)26-12)16-11-19(13-5-4-6-14(23)10-13)27-18-8-3-2-7-15(18)22-16/h2-10,19,23-24H,11H2,1H3/t19-/m0/s1. The number of aliphatic imine (C=N–C) groups is 1. The quantitative estimate of drug-likeness (QED) is 0.673. The summed E-state index contributed by atoms with van der Waals surface area (Å²) in [5, 5.41) is 20.2. The number of para-hydroxylation sites is 1. The molecule has 4 rings (SSSR count). The Morgan fingerprint density at radius 1 is 1.11 bits per heavy atom. The van der Waals surface area contributed by atoms with Crippen LogP contribution in [0.4, 0.5) is 5.69 Å². The molecule has 1 aromatic heterocycles. The number of fused-ring (bicyclic) bond motifs is 1. The van der Waals surface area contributed by atoms with Gasteiger partial charge in [0.2, 0.25) is 0 Å². The van der Waals surface area contributed by atoms with Crippen molar-refractivity contribution in [2.24, 2.45) is 4.99 Å². The highest BCUT2D eigenvalue weighted by Gasteiger charge is 2.26. The van der Waals surface area contributed by atoms with E-state index in [1.165, 1.54) is 6.07 Å². The Bertz CT molecular complexity index is 1100. The van der Waals surface area contributed by atoms with Gasteiger partial charge in [0.15, 0.2) is 0 Å². The fourth-order valence-corrected chi connectivity index (χ4v) is 4.36. The van der Waals surface area contributed by atoms with Crippen LogP contribution in [0.15, 0.2) is 73.7 Å². The van der Waals surface area contributed by atoms with Gasteiger partial charge in [0.1, 0.15) is 22.8 Å². The van der Waals surface area contributed by atoms with Crippen molar-refractivity contribution >= 4 is 23.2 Å². The predicted molar refractivity (Wildman–Crippen MR) is 105 cm³/mol. The molecule has 0 bridgehead atoms. The zero-order chi connectivity index (χ0) is 19.0. The molecule has 5 nitrogen and oxygen atoms in total. The lowest BCUT2D eigenvalue weighted by Crippen LogP contribution is -2.16. The summed E-state index contributed by atoms with van der Waals surface area (Å²) >= 11 is 1.61. The van der Waals surface area contributed by atoms with E-state index in [0.29, 0.717) is 17.9 Å². The molecule has 27 heavy (non-hydrogen) atoms. The Hall–Kier alpha value is -2.99. The number of hydrogen-bond donors (Lipinski definition) is 2. The van der Waals surface area contributed by atoms with E-state index in [0.717, 1.165) is 16.1 Å². The number of phenolic OH excluding ortho intramolecular Hbond substituents is 1. The highest BCUT2D eigenvalue weighted by atomic mass is 32.2. The SMILES string of the molecule is Cc1cc(O)c(C2=Nc3ccccc3S[C@H](c3cccc(O)c3)C2)c(=O)o1. The average molecular weight is 379 g/mol. The normalized spacial score (nSPS) is 16.3. The highest BCUT2D eigenvalue weighted by molar-refractivity contribution is 7.99. The van der Waals surface area contributed by atoms with Crippen LogP contribution in [-0.4, -0.2) is 15.9 Å². The van der Waals surface area contributed by atoms with Crippen LogP contribution in [0.1, 0.15) is 28.6 Å². The number of thioether (sulfide) groups is 1. The molecule has 6 heteroatoms. The summed E-state index contributed by atoms with van der Waals surface area (Å²) in [6.45, 7) is 1.61. The molecule has 1 atom stereocenters. The molecule has 1 aliphatic rings. The van der Waals surface area contributed by atoms with E-state index >= 15 is 0 Å². The summed E-state index contributed by atoms with van der Waals surface area (Å²) in [6, 6.07) is 16.1. The van der Waals surface area contributed by atoms with E-state index in [1.807, 2.05) is 30.3 Å². The van der Waals surface area contributed by atoms with Crippen LogP contribution in [0.3, 0.4) is 0 Å². The lowest BCUT2D eigenvalue weighted by Gasteiger charge is -2.16. The first kappa shape index (κ1) is 17.4. The second-order valence-corrected chi connectivity index (χ2v) is 7.58. The third-order valence-electron chi connectivity index (χ3n) is 4.35. The van der Waals surface area contributed by atoms with Crippen molar-refractivity contribution in [2.45, 2.75) is 23.5 Å². The third-order valence-corrected chi connectivity index (χ3v) is 5.68. The number of rotatable bonds is 2. The molecule has 0 spiro atoms. The molecule has 0 saturated heterocycles. The Balaban J connectivity index is 1.88. The average Bonchev–Trinajstić information content (AvgIpc) is 2.80. The Morgan fingerprint density at radius 3 is 2.70 bits per heavy atom. The summed E-state index contributed by atoms with van der Waals surface area (Å²) < 4.78 is 5.19. The first-order chi connectivity index (χ1) is 13.0. The predicted octanol–water partition coefficient (Wildman–Crippen LogP) is 4.72. The first-order valence-electron chi connectivity index (χ1n) is 8.47. The molecule has 2 heterocycles. The van der Waals surface area contributed by atoms with Crippen LogP contribution in [0.2, 0.25) is 0 Å². The van der Waals surface area contributed by atoms with Crippen LogP contribution in [0, 0.1) is 6.92 Å². The van der Waals surface area contributed by atoms with Crippen molar-refractivity contribution in [3.63, 3.8) is 0 Å². The van der Waals surface area contributed by atoms with Crippen LogP contribution in [0.25, 0.3) is 0 Å². The summed E-state index contributed by atoms with van der Waals surface area (Å²) in [6.07, 6.45) is 0.407. The maximum absolute atomic E-state index is 12.4. The Morgan fingerprint density at radius 2 is 1.93 bits per heavy atom. The fourth-order valence-electron chi connectivity index (χ4n) is 3.14. The highest BCUT2D eigenvalue weighted by Crippen LogP contribution is 2.46. The van der Waals surface area contributed by atoms with Crippen molar-refractivity contribution in [1.29, 1.82) is 0 Å². The summed E-state index contributed by atoms with van der Waals surface area (Å²) in [7, 11) is 0. The van der Waals surface area contributed by atoms with Crippen LogP contribution < -0.4 is 5.63 Å². The number of nitrogens with zero attached hydrogens (tertiary/aromatic N) is 1. The maximum atomic E-state index is 12.4. The fraction of sp³-hybridized carbons (Fsp3) is 0.143. The minimum absolute atomic E-state index is 0.0837. The Labute approximate surface area is 160 Å². The third kappa shape index (κ3) is 3.48. The van der Waals surface area contributed by atoms with E-state index < -0.39 is 5.63 Å². The summed E-state index contributed by atoms with van der Waals surface area (Å²) in [5.74, 6) is 0.387. The summed E-state index contributed by atoms with van der Waals surface area (Å²) in [5.41, 5.74) is 1.60. The van der Waals surface area contributed by atoms with Crippen molar-refractivity contribution in [3.8, 4) is 11.5 Å². The van der Waals surface area contributed by atoms with Gasteiger partial charge < -0.3 is 14.6 Å². The van der Waals surface area contributed by atoms with Gasteiger partial charge in [-0.05, 0) is 36.8 Å². The van der Waals surface area contributed by atoms with Crippen molar-refractivity contribution in [1.82, 2.24) is 0 Å². The van der Waals surface area contributed by atoms with Gasteiger partial charge in [0, 0.05) is 22.6 Å². The van der Waals surface area contributed by atoms with E-state index in [1.54, 1.807) is 36.9 Å². The van der Waals surface area contributed by atoms with Crippen LogP contribution >= 0.6 is 11.8 Å². The monoisotopic (exact) mass is 379 g/mol. The summed E-state index contributed by atoms with van der Waals surface area (Å²) in [4.78, 5) is 18.1. The van der Waals surface area contributed by atoms with E-state index in [9.17, 15) is 15.0 Å². The molecule has 3 aromatic rings. The Kier molecular flexibility index (Phi) is 4.49. The maximum Gasteiger partial charge on any atom is 0.348 e. The molecule has 0 amide bonds. The molecule has 136 valence electrons. The van der Waals surface area contributed by atoms with Gasteiger partial charge in [-0.1, -0.05) is 24.3 Å². The second kappa shape index (κ2) is 6.96. The first-order valence-corrected chi connectivity index (χ1v) is 9.35. The molecule has 0 radical (unpaired) electrons. The minimum Gasteiger partial charge on any atom is -0.508 e. The van der Waals surface area contributed by atoms with E-state index in [4.69, 9.17) is 4.42 Å². The molecule has 0 fully saturated rings. The van der Waals surface area contributed by atoms with Gasteiger partial charge >= 0.3 is 5.63 Å². The van der Waals surface area contributed by atoms with Gasteiger partial charge in [-0.3, -0.25) is 4.99 Å². The molecule has 0 unspecified atom stereocenters. The van der Waals surface area contributed by atoms with E-state index in [2.05, 4.69) is 4.99 Å². The van der Waals surface area contributed by atoms with Gasteiger partial charge in [0.05, 0.1) is 11.4 Å². The van der Waals surface area contributed by atoms with Gasteiger partial charge in [-0.25, -0.2) is 4.79 Å². The van der Waals surface area contributed by atoms with E-state index in [-0.39, 0.29) is 22.3 Å². The molecule has 2 N–H and O–H groups in total. The number of aryl methyl sites for hydroxylation is 1. The lowest BCUT2D eigenvalue weighted by molar-refractivity contribution is 0.432. The topological polar surface area (TPSA) is 83.0 Å². The lowest BCUT2D eigenvalue weighted by atomic mass is 10.0. The minimum atomic E-state index is -0.606. The van der Waals surface area contributed by atoms with Crippen LogP contribution in [0.5, 0.6) is 11.5 Å². The molecule has 2 aromatic carbocycles. The smallest absolute Gasteiger partial charge is 0.348 e. The van der Waals surface area contributed by atoms with Crippen molar-refractivity contribution in [2.75, 3.05) is 0 Å². The largest absolute Gasteiger partial charge is 0.508 e. The number of hydrogen-bond acceptors (Lipinski definition) is 6. The van der Waals surface area contributed by atoms with Crippen LogP contribution in [-0.2, 0) is 0 Å². The number of phenols is 1. The molecule has 0 saturated carbocycles. The number of benzene rings is 2. The zero-order valence-corrected chi connectivity index (χ0v) is 15.4. The second-order valence-electron chi connectivity index (χ2n) is 6.34. The molecular formula is C21H17NO4S. The number of aromatic hydroxyl groups is 2. The molecular weight excluding hydrogens is 362 g/mol. The van der Waals surface area contributed by atoms with Gasteiger partial charge in [-0.2, -0.15) is 0 Å². The molecule has 1 aliphatic heterocycles. The van der Waals surface area contributed by atoms with Crippen molar-refractivity contribution < 1.29 is 14.6 Å². The molecule has 0 aliphatic carbocycles.